The van der Waals surface area contributed by atoms with Crippen LogP contribution in [0.1, 0.15) is 5.56 Å². The molecule has 5 nitrogen and oxygen atoms in total. The Labute approximate surface area is 184 Å². The van der Waals surface area contributed by atoms with Crippen molar-refractivity contribution in [2.45, 2.75) is 12.1 Å². The minimum atomic E-state index is -0.103. The van der Waals surface area contributed by atoms with Gasteiger partial charge in [0.05, 0.1) is 5.75 Å². The van der Waals surface area contributed by atoms with Gasteiger partial charge in [-0.25, -0.2) is 0 Å². The van der Waals surface area contributed by atoms with E-state index in [9.17, 15) is 4.79 Å². The van der Waals surface area contributed by atoms with Gasteiger partial charge in [0, 0.05) is 22.0 Å². The molecule has 4 rings (SSSR count). The fourth-order valence-corrected chi connectivity index (χ4v) is 3.87. The molecule has 0 saturated heterocycles. The van der Waals surface area contributed by atoms with Crippen LogP contribution in [-0.2, 0) is 4.79 Å². The second-order valence-corrected chi connectivity index (χ2v) is 7.99. The van der Waals surface area contributed by atoms with Crippen molar-refractivity contribution >= 4 is 35.0 Å². The van der Waals surface area contributed by atoms with E-state index in [1.54, 1.807) is 0 Å². The summed E-state index contributed by atoms with van der Waals surface area (Å²) in [5.41, 5.74) is 3.55. The number of aromatic nitrogens is 3. The molecule has 1 amide bonds. The number of halogens is 1. The minimum Gasteiger partial charge on any atom is -0.325 e. The average Bonchev–Trinajstić information content (AvgIpc) is 3.19. The third kappa shape index (κ3) is 4.56. The van der Waals surface area contributed by atoms with Crippen molar-refractivity contribution in [1.29, 1.82) is 0 Å². The molecule has 0 unspecified atom stereocenters. The molecule has 0 radical (unpaired) electrons. The molecule has 0 aliphatic heterocycles. The van der Waals surface area contributed by atoms with E-state index in [1.807, 2.05) is 90.4 Å². The van der Waals surface area contributed by atoms with Gasteiger partial charge in [-0.05, 0) is 42.8 Å². The first kappa shape index (κ1) is 20.2. The van der Waals surface area contributed by atoms with Gasteiger partial charge in [0.25, 0.3) is 0 Å². The molecule has 30 heavy (non-hydrogen) atoms. The first-order chi connectivity index (χ1) is 14.6. The first-order valence-corrected chi connectivity index (χ1v) is 10.7. The molecule has 0 saturated carbocycles. The summed E-state index contributed by atoms with van der Waals surface area (Å²) in [6, 6.07) is 25.0. The highest BCUT2D eigenvalue weighted by atomic mass is 35.5. The number of hydrogen-bond donors (Lipinski definition) is 1. The molecule has 4 aromatic rings. The fraction of sp³-hybridized carbons (Fsp3) is 0.0870. The third-order valence-electron chi connectivity index (χ3n) is 4.47. The topological polar surface area (TPSA) is 59.8 Å². The second-order valence-electron chi connectivity index (χ2n) is 6.64. The Balaban J connectivity index is 1.62. The predicted molar refractivity (Wildman–Crippen MR) is 122 cm³/mol. The van der Waals surface area contributed by atoms with E-state index in [0.717, 1.165) is 22.5 Å². The summed E-state index contributed by atoms with van der Waals surface area (Å²) in [7, 11) is 0. The Kier molecular flexibility index (Phi) is 6.16. The van der Waals surface area contributed by atoms with E-state index in [1.165, 1.54) is 11.8 Å². The first-order valence-electron chi connectivity index (χ1n) is 9.37. The number of amides is 1. The second kappa shape index (κ2) is 9.15. The zero-order chi connectivity index (χ0) is 20.9. The van der Waals surface area contributed by atoms with E-state index in [4.69, 9.17) is 11.6 Å². The lowest BCUT2D eigenvalue weighted by Crippen LogP contribution is -2.14. The summed E-state index contributed by atoms with van der Waals surface area (Å²) in [6.45, 7) is 1.96. The Morgan fingerprint density at radius 1 is 1.00 bits per heavy atom. The zero-order valence-electron chi connectivity index (χ0n) is 16.2. The molecule has 3 aromatic carbocycles. The van der Waals surface area contributed by atoms with Crippen molar-refractivity contribution in [1.82, 2.24) is 14.8 Å². The molecule has 1 heterocycles. The number of benzene rings is 3. The van der Waals surface area contributed by atoms with Gasteiger partial charge in [0.1, 0.15) is 0 Å². The normalized spacial score (nSPS) is 10.7. The van der Waals surface area contributed by atoms with Gasteiger partial charge in [-0.1, -0.05) is 71.9 Å². The van der Waals surface area contributed by atoms with Crippen LogP contribution in [0.15, 0.2) is 84.0 Å². The highest BCUT2D eigenvalue weighted by Crippen LogP contribution is 2.30. The Morgan fingerprint density at radius 2 is 1.70 bits per heavy atom. The van der Waals surface area contributed by atoms with Crippen molar-refractivity contribution in [3.05, 3.63) is 89.4 Å². The summed E-state index contributed by atoms with van der Waals surface area (Å²) in [6.07, 6.45) is 0. The van der Waals surface area contributed by atoms with Crippen LogP contribution in [0.5, 0.6) is 0 Å². The van der Waals surface area contributed by atoms with Crippen LogP contribution in [0.4, 0.5) is 5.69 Å². The van der Waals surface area contributed by atoms with E-state index in [-0.39, 0.29) is 11.7 Å². The lowest BCUT2D eigenvalue weighted by Gasteiger charge is -2.11. The number of para-hydroxylation sites is 2. The number of aryl methyl sites for hydroxylation is 1. The van der Waals surface area contributed by atoms with Crippen LogP contribution in [0.25, 0.3) is 17.1 Å². The zero-order valence-corrected chi connectivity index (χ0v) is 17.8. The monoisotopic (exact) mass is 434 g/mol. The Hall–Kier alpha value is -3.09. The predicted octanol–water partition coefficient (Wildman–Crippen LogP) is 5.63. The standard InChI is InChI=1S/C23H19ClN4OS/c1-16-12-13-17(14-20(16)24)22-26-27-23(28(22)19-10-6-3-7-11-19)30-15-21(29)25-18-8-4-2-5-9-18/h2-14H,15H2,1H3,(H,25,29). The summed E-state index contributed by atoms with van der Waals surface area (Å²) in [5, 5.41) is 12.9. The lowest BCUT2D eigenvalue weighted by atomic mass is 10.1. The number of nitrogens with zero attached hydrogens (tertiary/aromatic N) is 3. The maximum Gasteiger partial charge on any atom is 0.234 e. The number of rotatable bonds is 6. The number of nitrogens with one attached hydrogen (secondary N) is 1. The third-order valence-corrected chi connectivity index (χ3v) is 5.80. The van der Waals surface area contributed by atoms with Gasteiger partial charge in [0.15, 0.2) is 11.0 Å². The van der Waals surface area contributed by atoms with Crippen molar-refractivity contribution in [2.24, 2.45) is 0 Å². The lowest BCUT2D eigenvalue weighted by molar-refractivity contribution is -0.113. The molecular weight excluding hydrogens is 416 g/mol. The number of hydrogen-bond acceptors (Lipinski definition) is 4. The van der Waals surface area contributed by atoms with E-state index in [0.29, 0.717) is 16.0 Å². The Morgan fingerprint density at radius 3 is 2.40 bits per heavy atom. The van der Waals surface area contributed by atoms with Gasteiger partial charge in [-0.3, -0.25) is 9.36 Å². The molecule has 0 aliphatic rings. The van der Waals surface area contributed by atoms with Crippen LogP contribution >= 0.6 is 23.4 Å². The van der Waals surface area contributed by atoms with E-state index in [2.05, 4.69) is 15.5 Å². The highest BCUT2D eigenvalue weighted by molar-refractivity contribution is 7.99. The molecule has 0 aliphatic carbocycles. The van der Waals surface area contributed by atoms with Gasteiger partial charge >= 0.3 is 0 Å². The number of anilines is 1. The van der Waals surface area contributed by atoms with Gasteiger partial charge in [-0.15, -0.1) is 10.2 Å². The molecule has 1 aromatic heterocycles. The van der Waals surface area contributed by atoms with Gasteiger partial charge in [-0.2, -0.15) is 0 Å². The van der Waals surface area contributed by atoms with Crippen molar-refractivity contribution < 1.29 is 4.79 Å². The molecular formula is C23H19ClN4OS. The SMILES string of the molecule is Cc1ccc(-c2nnc(SCC(=O)Nc3ccccc3)n2-c2ccccc2)cc1Cl. The maximum absolute atomic E-state index is 12.4. The molecule has 0 atom stereocenters. The maximum atomic E-state index is 12.4. The van der Waals surface area contributed by atoms with Crippen LogP contribution in [-0.4, -0.2) is 26.4 Å². The molecule has 1 N–H and O–H groups in total. The molecule has 150 valence electrons. The van der Waals surface area contributed by atoms with Gasteiger partial charge < -0.3 is 5.32 Å². The summed E-state index contributed by atoms with van der Waals surface area (Å²) in [4.78, 5) is 12.4. The minimum absolute atomic E-state index is 0.103. The summed E-state index contributed by atoms with van der Waals surface area (Å²) < 4.78 is 1.95. The summed E-state index contributed by atoms with van der Waals surface area (Å²) in [5.74, 6) is 0.789. The van der Waals surface area contributed by atoms with Crippen LogP contribution in [0.2, 0.25) is 5.02 Å². The molecule has 7 heteroatoms. The number of carbonyl (C=O) groups excluding carboxylic acids is 1. The smallest absolute Gasteiger partial charge is 0.234 e. The molecule has 0 spiro atoms. The van der Waals surface area contributed by atoms with E-state index < -0.39 is 0 Å². The van der Waals surface area contributed by atoms with Crippen molar-refractivity contribution in [2.75, 3.05) is 11.1 Å². The average molecular weight is 435 g/mol. The fourth-order valence-electron chi connectivity index (χ4n) is 2.94. The highest BCUT2D eigenvalue weighted by Gasteiger charge is 2.18. The molecule has 0 fully saturated rings. The van der Waals surface area contributed by atoms with Crippen molar-refractivity contribution in [3.8, 4) is 17.1 Å². The van der Waals surface area contributed by atoms with Crippen LogP contribution < -0.4 is 5.32 Å². The Bertz CT molecular complexity index is 1160. The quantitative estimate of drug-likeness (QED) is 0.400. The van der Waals surface area contributed by atoms with Crippen LogP contribution in [0.3, 0.4) is 0 Å². The molecule has 0 bridgehead atoms. The number of thioether (sulfide) groups is 1. The largest absolute Gasteiger partial charge is 0.325 e. The van der Waals surface area contributed by atoms with Crippen molar-refractivity contribution in [3.63, 3.8) is 0 Å². The van der Waals surface area contributed by atoms with Crippen LogP contribution in [0, 0.1) is 6.92 Å². The van der Waals surface area contributed by atoms with E-state index >= 15 is 0 Å². The van der Waals surface area contributed by atoms with Gasteiger partial charge in [0.2, 0.25) is 5.91 Å². The summed E-state index contributed by atoms with van der Waals surface area (Å²) >= 11 is 7.67. The number of carbonyl (C=O) groups is 1.